The molecule has 0 atom stereocenters. The second-order valence-electron chi connectivity index (χ2n) is 6.74. The van der Waals surface area contributed by atoms with Crippen LogP contribution < -0.4 is 5.32 Å². The summed E-state index contributed by atoms with van der Waals surface area (Å²) >= 11 is 0. The van der Waals surface area contributed by atoms with Crippen LogP contribution >= 0.6 is 0 Å². The molecule has 1 aromatic heterocycles. The number of anilines is 1. The normalized spacial score (nSPS) is 15.3. The predicted octanol–water partition coefficient (Wildman–Crippen LogP) is 2.92. The van der Waals surface area contributed by atoms with Gasteiger partial charge in [0.25, 0.3) is 0 Å². The summed E-state index contributed by atoms with van der Waals surface area (Å²) in [6, 6.07) is 14.1. The molecule has 1 aliphatic rings. The van der Waals surface area contributed by atoms with Gasteiger partial charge in [-0.3, -0.25) is 9.58 Å². The highest BCUT2D eigenvalue weighted by atomic mass is 16.2. The summed E-state index contributed by atoms with van der Waals surface area (Å²) in [5, 5.41) is 9.49. The Labute approximate surface area is 153 Å². The minimum absolute atomic E-state index is 0.0256. The summed E-state index contributed by atoms with van der Waals surface area (Å²) in [5.74, 6) is 0. The average molecular weight is 349 g/mol. The third-order valence-corrected chi connectivity index (χ3v) is 4.86. The number of amides is 2. The first-order chi connectivity index (χ1) is 12.7. The van der Waals surface area contributed by atoms with Crippen LogP contribution in [0, 0.1) is 0 Å². The summed E-state index contributed by atoms with van der Waals surface area (Å²) in [4.78, 5) is 16.9. The molecular weight excluding hydrogens is 326 g/mol. The molecule has 1 N–H and O–H groups in total. The Morgan fingerprint density at radius 1 is 1.08 bits per heavy atom. The van der Waals surface area contributed by atoms with E-state index < -0.39 is 0 Å². The van der Waals surface area contributed by atoms with E-state index >= 15 is 0 Å². The monoisotopic (exact) mass is 349 g/mol. The van der Waals surface area contributed by atoms with Gasteiger partial charge in [-0.1, -0.05) is 36.4 Å². The molecule has 0 unspecified atom stereocenters. The number of carbonyl (C=O) groups is 1. The maximum atomic E-state index is 12.7. The van der Waals surface area contributed by atoms with Crippen LogP contribution in [0.25, 0.3) is 10.8 Å². The molecule has 6 nitrogen and oxygen atoms in total. The van der Waals surface area contributed by atoms with Crippen LogP contribution in [-0.4, -0.2) is 51.8 Å². The number of hydrogen-bond acceptors (Lipinski definition) is 3. The van der Waals surface area contributed by atoms with Gasteiger partial charge in [0.15, 0.2) is 0 Å². The van der Waals surface area contributed by atoms with Crippen molar-refractivity contribution >= 4 is 22.5 Å². The van der Waals surface area contributed by atoms with Gasteiger partial charge in [0.2, 0.25) is 0 Å². The number of carbonyl (C=O) groups excluding carboxylic acids is 1. The number of piperazine rings is 1. The number of nitrogens with zero attached hydrogens (tertiary/aromatic N) is 4. The van der Waals surface area contributed by atoms with Gasteiger partial charge in [0.05, 0.1) is 11.9 Å². The van der Waals surface area contributed by atoms with Gasteiger partial charge in [0.1, 0.15) is 0 Å². The fourth-order valence-corrected chi connectivity index (χ4v) is 3.45. The molecule has 4 rings (SSSR count). The van der Waals surface area contributed by atoms with Crippen molar-refractivity contribution < 1.29 is 4.79 Å². The minimum Gasteiger partial charge on any atom is -0.322 e. The van der Waals surface area contributed by atoms with Gasteiger partial charge < -0.3 is 10.2 Å². The van der Waals surface area contributed by atoms with Gasteiger partial charge in [-0.2, -0.15) is 5.10 Å². The van der Waals surface area contributed by atoms with Gasteiger partial charge >= 0.3 is 6.03 Å². The van der Waals surface area contributed by atoms with E-state index in [1.54, 1.807) is 0 Å². The molecule has 2 aromatic carbocycles. The van der Waals surface area contributed by atoms with Crippen molar-refractivity contribution in [1.82, 2.24) is 19.6 Å². The number of benzene rings is 2. The van der Waals surface area contributed by atoms with Gasteiger partial charge in [-0.15, -0.1) is 0 Å². The standard InChI is InChI=1S/C20H23N5O/c1-23-14-16(13-21-23)15-24-9-11-25(12-10-24)20(26)22-19-8-4-6-17-5-2-3-7-18(17)19/h2-8,13-14H,9-12,15H2,1H3,(H,22,26). The Morgan fingerprint density at radius 3 is 2.62 bits per heavy atom. The molecule has 3 aromatic rings. The average Bonchev–Trinajstić information content (AvgIpc) is 3.07. The number of rotatable bonds is 3. The Kier molecular flexibility index (Phi) is 4.58. The first-order valence-corrected chi connectivity index (χ1v) is 8.92. The molecule has 0 radical (unpaired) electrons. The minimum atomic E-state index is -0.0256. The second-order valence-corrected chi connectivity index (χ2v) is 6.74. The van der Waals surface area contributed by atoms with Crippen molar-refractivity contribution in [2.75, 3.05) is 31.5 Å². The summed E-state index contributed by atoms with van der Waals surface area (Å²) in [6.07, 6.45) is 3.94. The molecule has 2 heterocycles. The quantitative estimate of drug-likeness (QED) is 0.791. The highest BCUT2D eigenvalue weighted by Crippen LogP contribution is 2.23. The highest BCUT2D eigenvalue weighted by molar-refractivity contribution is 6.01. The molecule has 0 spiro atoms. The van der Waals surface area contributed by atoms with Crippen LogP contribution in [0.2, 0.25) is 0 Å². The van der Waals surface area contributed by atoms with E-state index in [0.717, 1.165) is 49.2 Å². The lowest BCUT2D eigenvalue weighted by Crippen LogP contribution is -2.49. The lowest BCUT2D eigenvalue weighted by atomic mass is 10.1. The fourth-order valence-electron chi connectivity index (χ4n) is 3.45. The number of fused-ring (bicyclic) bond motifs is 1. The predicted molar refractivity (Wildman–Crippen MR) is 103 cm³/mol. The molecular formula is C20H23N5O. The Balaban J connectivity index is 1.36. The molecule has 0 bridgehead atoms. The smallest absolute Gasteiger partial charge is 0.321 e. The number of aromatic nitrogens is 2. The van der Waals surface area contributed by atoms with E-state index in [2.05, 4.69) is 27.4 Å². The number of hydrogen-bond donors (Lipinski definition) is 1. The van der Waals surface area contributed by atoms with E-state index in [-0.39, 0.29) is 6.03 Å². The largest absolute Gasteiger partial charge is 0.322 e. The summed E-state index contributed by atoms with van der Waals surface area (Å²) < 4.78 is 1.82. The third-order valence-electron chi connectivity index (χ3n) is 4.86. The summed E-state index contributed by atoms with van der Waals surface area (Å²) in [5.41, 5.74) is 2.08. The van der Waals surface area contributed by atoms with E-state index in [1.165, 1.54) is 5.56 Å². The van der Waals surface area contributed by atoms with Crippen LogP contribution in [-0.2, 0) is 13.6 Å². The van der Waals surface area contributed by atoms with Crippen molar-refractivity contribution in [2.24, 2.45) is 7.05 Å². The summed E-state index contributed by atoms with van der Waals surface area (Å²) in [7, 11) is 1.93. The molecule has 1 saturated heterocycles. The van der Waals surface area contributed by atoms with E-state index in [4.69, 9.17) is 0 Å². The molecule has 6 heteroatoms. The van der Waals surface area contributed by atoms with E-state index in [9.17, 15) is 4.79 Å². The number of aryl methyl sites for hydroxylation is 1. The maximum absolute atomic E-state index is 12.7. The SMILES string of the molecule is Cn1cc(CN2CCN(C(=O)Nc3cccc4ccccc34)CC2)cn1. The van der Waals surface area contributed by atoms with Crippen molar-refractivity contribution in [3.8, 4) is 0 Å². The van der Waals surface area contributed by atoms with Crippen molar-refractivity contribution in [1.29, 1.82) is 0 Å². The van der Waals surface area contributed by atoms with Crippen LogP contribution in [0.1, 0.15) is 5.56 Å². The zero-order chi connectivity index (χ0) is 17.9. The maximum Gasteiger partial charge on any atom is 0.321 e. The molecule has 134 valence electrons. The van der Waals surface area contributed by atoms with Crippen LogP contribution in [0.3, 0.4) is 0 Å². The Hall–Kier alpha value is -2.86. The molecule has 1 fully saturated rings. The Morgan fingerprint density at radius 2 is 1.85 bits per heavy atom. The van der Waals surface area contributed by atoms with Crippen LogP contribution in [0.5, 0.6) is 0 Å². The number of nitrogens with one attached hydrogen (secondary N) is 1. The van der Waals surface area contributed by atoms with E-state index in [1.807, 2.05) is 59.4 Å². The lowest BCUT2D eigenvalue weighted by Gasteiger charge is -2.34. The highest BCUT2D eigenvalue weighted by Gasteiger charge is 2.21. The zero-order valence-electron chi connectivity index (χ0n) is 14.9. The number of urea groups is 1. The second kappa shape index (κ2) is 7.17. The topological polar surface area (TPSA) is 53.4 Å². The third kappa shape index (κ3) is 3.55. The first kappa shape index (κ1) is 16.6. The van der Waals surface area contributed by atoms with E-state index in [0.29, 0.717) is 0 Å². The molecule has 2 amide bonds. The van der Waals surface area contributed by atoms with Gasteiger partial charge in [-0.25, -0.2) is 4.79 Å². The molecule has 0 saturated carbocycles. The van der Waals surface area contributed by atoms with Crippen molar-refractivity contribution in [3.63, 3.8) is 0 Å². The Bertz CT molecular complexity index is 906. The van der Waals surface area contributed by atoms with Gasteiger partial charge in [0, 0.05) is 56.9 Å². The molecule has 1 aliphatic heterocycles. The van der Waals surface area contributed by atoms with Crippen LogP contribution in [0.15, 0.2) is 54.9 Å². The van der Waals surface area contributed by atoms with Crippen molar-refractivity contribution in [3.05, 3.63) is 60.4 Å². The zero-order valence-corrected chi connectivity index (χ0v) is 14.9. The summed E-state index contributed by atoms with van der Waals surface area (Å²) in [6.45, 7) is 4.09. The molecule has 0 aliphatic carbocycles. The van der Waals surface area contributed by atoms with Gasteiger partial charge in [-0.05, 0) is 11.5 Å². The van der Waals surface area contributed by atoms with Crippen LogP contribution in [0.4, 0.5) is 10.5 Å². The molecule has 26 heavy (non-hydrogen) atoms. The first-order valence-electron chi connectivity index (χ1n) is 8.92. The van der Waals surface area contributed by atoms with Crippen molar-refractivity contribution in [2.45, 2.75) is 6.54 Å². The fraction of sp³-hybridized carbons (Fsp3) is 0.300. The lowest BCUT2D eigenvalue weighted by molar-refractivity contribution is 0.143.